The minimum absolute atomic E-state index is 0.198. The van der Waals surface area contributed by atoms with Gasteiger partial charge in [-0.1, -0.05) is 134 Å². The minimum atomic E-state index is -2.49. The van der Waals surface area contributed by atoms with Crippen molar-refractivity contribution in [1.29, 1.82) is 0 Å². The van der Waals surface area contributed by atoms with E-state index in [1.54, 1.807) is 0 Å². The van der Waals surface area contributed by atoms with E-state index in [1.165, 1.54) is 113 Å². The van der Waals surface area contributed by atoms with Crippen molar-refractivity contribution in [3.05, 3.63) is 213 Å². The quantitative estimate of drug-likeness (QED) is 0.143. The molecule has 0 saturated heterocycles. The van der Waals surface area contributed by atoms with Crippen LogP contribution in [0.5, 0.6) is 0 Å². The molecule has 0 N–H and O–H groups in total. The maximum Gasteiger partial charge on any atom is 0.130 e. The van der Waals surface area contributed by atoms with Gasteiger partial charge in [-0.05, 0) is 178 Å². The lowest BCUT2D eigenvalue weighted by atomic mass is 9.88. The summed E-state index contributed by atoms with van der Waals surface area (Å²) in [5, 5.41) is 0. The molecule has 0 saturated carbocycles. The number of benzene rings is 6. The summed E-state index contributed by atoms with van der Waals surface area (Å²) in [6.07, 6.45) is 12.0. The molecule has 2 atom stereocenters. The zero-order valence-corrected chi connectivity index (χ0v) is 37.7. The SMILES string of the molecule is Cc1ccc(C2=Cc3c(cc4c(c3-c3ccc(-c5ccccc5)cc3)CCC4)C2[Si](C)(C)C2C(c3ccc(C)o3)=Cc3c2cc2c(c3-c3ccc(-c4ccccc4)cc3)CCC2)o1. The summed E-state index contributed by atoms with van der Waals surface area (Å²) in [5.41, 5.74) is 25.4. The van der Waals surface area contributed by atoms with Crippen LogP contribution in [0.4, 0.5) is 0 Å². The van der Waals surface area contributed by atoms with Gasteiger partial charge in [-0.15, -0.1) is 0 Å². The van der Waals surface area contributed by atoms with Crippen LogP contribution in [0.25, 0.3) is 67.8 Å². The summed E-state index contributed by atoms with van der Waals surface area (Å²) < 4.78 is 13.4. The normalized spacial score (nSPS) is 17.3. The Morgan fingerprint density at radius 3 is 1.19 bits per heavy atom. The number of rotatable bonds is 8. The first-order chi connectivity index (χ1) is 30.8. The Labute approximate surface area is 372 Å². The lowest BCUT2D eigenvalue weighted by molar-refractivity contribution is 0.519. The number of aryl methyl sites for hydroxylation is 4. The molecule has 8 aromatic rings. The summed E-state index contributed by atoms with van der Waals surface area (Å²) in [6.45, 7) is 9.51. The second-order valence-corrected chi connectivity index (χ2v) is 23.9. The molecule has 2 unspecified atom stereocenters. The van der Waals surface area contributed by atoms with Gasteiger partial charge in [-0.3, -0.25) is 0 Å². The molecule has 3 heteroatoms. The van der Waals surface area contributed by atoms with Crippen LogP contribution in [0.2, 0.25) is 13.1 Å². The van der Waals surface area contributed by atoms with E-state index in [-0.39, 0.29) is 11.1 Å². The topological polar surface area (TPSA) is 26.3 Å². The molecular formula is C60H52O2Si. The van der Waals surface area contributed by atoms with Crippen LogP contribution in [-0.2, 0) is 25.7 Å². The number of fused-ring (bicyclic) bond motifs is 4. The molecule has 2 heterocycles. The van der Waals surface area contributed by atoms with E-state index < -0.39 is 8.07 Å². The van der Waals surface area contributed by atoms with Gasteiger partial charge in [0.1, 0.15) is 23.0 Å². The Morgan fingerprint density at radius 2 is 0.810 bits per heavy atom. The van der Waals surface area contributed by atoms with Gasteiger partial charge in [0.05, 0.1) is 8.07 Å². The highest BCUT2D eigenvalue weighted by atomic mass is 28.3. The molecule has 0 spiro atoms. The first kappa shape index (κ1) is 38.3. The van der Waals surface area contributed by atoms with E-state index in [2.05, 4.69) is 185 Å². The Kier molecular flexibility index (Phi) is 9.02. The van der Waals surface area contributed by atoms with E-state index in [0.717, 1.165) is 48.7 Å². The van der Waals surface area contributed by atoms with Gasteiger partial charge in [0, 0.05) is 22.2 Å². The molecule has 4 aliphatic rings. The van der Waals surface area contributed by atoms with E-state index in [4.69, 9.17) is 8.83 Å². The van der Waals surface area contributed by atoms with Crippen molar-refractivity contribution in [2.75, 3.05) is 0 Å². The van der Waals surface area contributed by atoms with Crippen molar-refractivity contribution in [2.24, 2.45) is 0 Å². The molecule has 0 bridgehead atoms. The molecule has 12 rings (SSSR count). The monoisotopic (exact) mass is 832 g/mol. The van der Waals surface area contributed by atoms with Gasteiger partial charge in [0.2, 0.25) is 0 Å². The molecule has 6 aromatic carbocycles. The van der Waals surface area contributed by atoms with E-state index in [0.29, 0.717) is 0 Å². The Morgan fingerprint density at radius 1 is 0.429 bits per heavy atom. The fraction of sp³-hybridized carbons (Fsp3) is 0.200. The Hall–Kier alpha value is -6.42. The Bertz CT molecular complexity index is 2920. The van der Waals surface area contributed by atoms with Crippen LogP contribution in [0.3, 0.4) is 0 Å². The van der Waals surface area contributed by atoms with Gasteiger partial charge in [-0.2, -0.15) is 0 Å². The summed E-state index contributed by atoms with van der Waals surface area (Å²) in [6, 6.07) is 54.3. The number of allylic oxidation sites excluding steroid dienone is 2. The zero-order valence-electron chi connectivity index (χ0n) is 36.7. The summed E-state index contributed by atoms with van der Waals surface area (Å²) in [5.74, 6) is 3.92. The molecule has 4 aliphatic carbocycles. The summed E-state index contributed by atoms with van der Waals surface area (Å²) >= 11 is 0. The van der Waals surface area contributed by atoms with Gasteiger partial charge in [-0.25, -0.2) is 0 Å². The van der Waals surface area contributed by atoms with Crippen LogP contribution in [0, 0.1) is 13.8 Å². The largest absolute Gasteiger partial charge is 0.462 e. The van der Waals surface area contributed by atoms with Crippen molar-refractivity contribution < 1.29 is 8.83 Å². The third-order valence-corrected chi connectivity index (χ3v) is 19.1. The molecule has 2 nitrogen and oxygen atoms in total. The van der Waals surface area contributed by atoms with Crippen molar-refractivity contribution in [2.45, 2.75) is 76.5 Å². The van der Waals surface area contributed by atoms with Crippen LogP contribution in [0.1, 0.15) is 91.5 Å². The molecule has 2 aromatic heterocycles. The highest BCUT2D eigenvalue weighted by Crippen LogP contribution is 2.60. The zero-order chi connectivity index (χ0) is 42.4. The van der Waals surface area contributed by atoms with Crippen LogP contribution in [0.15, 0.2) is 154 Å². The fourth-order valence-corrected chi connectivity index (χ4v) is 16.6. The van der Waals surface area contributed by atoms with Crippen LogP contribution in [-0.4, -0.2) is 8.07 Å². The lowest BCUT2D eigenvalue weighted by Crippen LogP contribution is -2.42. The van der Waals surface area contributed by atoms with Crippen LogP contribution < -0.4 is 0 Å². The molecule has 0 aliphatic heterocycles. The summed E-state index contributed by atoms with van der Waals surface area (Å²) in [7, 11) is -2.49. The Balaban J connectivity index is 1.05. The second kappa shape index (κ2) is 14.9. The number of furan rings is 2. The van der Waals surface area contributed by atoms with E-state index in [1.807, 2.05) is 0 Å². The fourth-order valence-electron chi connectivity index (χ4n) is 12.1. The molecule has 308 valence electrons. The number of hydrogen-bond acceptors (Lipinski definition) is 2. The van der Waals surface area contributed by atoms with E-state index in [9.17, 15) is 0 Å². The molecule has 0 fully saturated rings. The predicted octanol–water partition coefficient (Wildman–Crippen LogP) is 15.9. The third kappa shape index (κ3) is 6.26. The second-order valence-electron chi connectivity index (χ2n) is 19.1. The highest BCUT2D eigenvalue weighted by Gasteiger charge is 2.51. The standard InChI is InChI=1S/C60H52O2Si/c1-37-21-31-55(61-37)53-35-49-51(33-45-17-11-19-47(45)57(49)43-27-23-41(24-28-43)39-13-7-5-8-14-39)59(53)63(3,4)60-52-34-46-18-12-20-48(46)58(50(52)36-54(60)56-32-22-38(2)62-56)44-29-25-42(26-30-44)40-15-9-6-10-16-40/h5-10,13-16,21-36,59-60H,11-12,17-20H2,1-4H3. The lowest BCUT2D eigenvalue weighted by Gasteiger charge is -2.40. The maximum atomic E-state index is 6.68. The number of hydrogen-bond donors (Lipinski definition) is 0. The van der Waals surface area contributed by atoms with Crippen molar-refractivity contribution >= 4 is 31.4 Å². The van der Waals surface area contributed by atoms with Gasteiger partial charge < -0.3 is 8.83 Å². The molecular weight excluding hydrogens is 781 g/mol. The average molecular weight is 833 g/mol. The summed E-state index contributed by atoms with van der Waals surface area (Å²) in [4.78, 5) is 0. The smallest absolute Gasteiger partial charge is 0.130 e. The van der Waals surface area contributed by atoms with Gasteiger partial charge >= 0.3 is 0 Å². The average Bonchev–Trinajstić information content (AvgIpc) is 4.18. The maximum absolute atomic E-state index is 6.68. The molecule has 0 amide bonds. The van der Waals surface area contributed by atoms with Crippen LogP contribution >= 0.6 is 0 Å². The van der Waals surface area contributed by atoms with Crippen molar-refractivity contribution in [3.8, 4) is 44.5 Å². The molecule has 63 heavy (non-hydrogen) atoms. The first-order valence-electron chi connectivity index (χ1n) is 23.1. The highest BCUT2D eigenvalue weighted by molar-refractivity contribution is 6.84. The third-order valence-electron chi connectivity index (χ3n) is 14.9. The van der Waals surface area contributed by atoms with E-state index >= 15 is 0 Å². The van der Waals surface area contributed by atoms with Crippen molar-refractivity contribution in [3.63, 3.8) is 0 Å². The predicted molar refractivity (Wildman–Crippen MR) is 264 cm³/mol. The first-order valence-corrected chi connectivity index (χ1v) is 26.2. The van der Waals surface area contributed by atoms with Crippen molar-refractivity contribution in [1.82, 2.24) is 0 Å². The minimum Gasteiger partial charge on any atom is -0.462 e. The van der Waals surface area contributed by atoms with Gasteiger partial charge in [0.15, 0.2) is 0 Å². The molecule has 0 radical (unpaired) electrons. The van der Waals surface area contributed by atoms with Gasteiger partial charge in [0.25, 0.3) is 0 Å².